The van der Waals surface area contributed by atoms with Gasteiger partial charge in [-0.05, 0) is 55.5 Å². The molecule has 2 N–H and O–H groups in total. The van der Waals surface area contributed by atoms with Gasteiger partial charge in [0.05, 0.1) is 11.4 Å². The third kappa shape index (κ3) is 6.61. The fraction of sp³-hybridized carbons (Fsp3) is 0.115. The van der Waals surface area contributed by atoms with Crippen molar-refractivity contribution in [3.63, 3.8) is 0 Å². The molecule has 0 aliphatic heterocycles. The molecule has 1 amide bonds. The Morgan fingerprint density at radius 1 is 0.974 bits per heavy atom. The van der Waals surface area contributed by atoms with Gasteiger partial charge in [-0.1, -0.05) is 53.0 Å². The molecule has 0 saturated carbocycles. The SMILES string of the molecule is Cc1cc(=O)[nH]c(-c2cccc(NC(=O)CN(Cc3c(Cl)cccc3Cl)S(=O)(=O)c3ccc(Cl)cc3)c2)n1. The van der Waals surface area contributed by atoms with Crippen molar-refractivity contribution in [2.24, 2.45) is 0 Å². The van der Waals surface area contributed by atoms with E-state index in [1.54, 1.807) is 49.4 Å². The largest absolute Gasteiger partial charge is 0.325 e. The fourth-order valence-electron chi connectivity index (χ4n) is 3.66. The van der Waals surface area contributed by atoms with E-state index in [4.69, 9.17) is 34.8 Å². The van der Waals surface area contributed by atoms with Crippen LogP contribution in [0.5, 0.6) is 0 Å². The molecule has 0 radical (unpaired) electrons. The number of anilines is 1. The van der Waals surface area contributed by atoms with Crippen LogP contribution in [0.15, 0.2) is 82.5 Å². The van der Waals surface area contributed by atoms with E-state index < -0.39 is 22.5 Å². The van der Waals surface area contributed by atoms with Crippen molar-refractivity contribution < 1.29 is 13.2 Å². The molecule has 8 nitrogen and oxygen atoms in total. The smallest absolute Gasteiger partial charge is 0.251 e. The van der Waals surface area contributed by atoms with Gasteiger partial charge in [0.25, 0.3) is 5.56 Å². The predicted molar refractivity (Wildman–Crippen MR) is 149 cm³/mol. The van der Waals surface area contributed by atoms with E-state index in [2.05, 4.69) is 15.3 Å². The van der Waals surface area contributed by atoms with E-state index in [9.17, 15) is 18.0 Å². The van der Waals surface area contributed by atoms with Gasteiger partial charge in [0.15, 0.2) is 0 Å². The molecule has 4 rings (SSSR count). The molecule has 0 fully saturated rings. The van der Waals surface area contributed by atoms with Crippen LogP contribution < -0.4 is 10.9 Å². The molecular weight excluding hydrogens is 571 g/mol. The number of hydrogen-bond donors (Lipinski definition) is 2. The maximum absolute atomic E-state index is 13.5. The average molecular weight is 592 g/mol. The zero-order valence-corrected chi connectivity index (χ0v) is 23.0. The topological polar surface area (TPSA) is 112 Å². The van der Waals surface area contributed by atoms with Crippen molar-refractivity contribution in [2.75, 3.05) is 11.9 Å². The number of amides is 1. The number of sulfonamides is 1. The number of aromatic amines is 1. The highest BCUT2D eigenvalue weighted by Gasteiger charge is 2.28. The van der Waals surface area contributed by atoms with E-state index in [1.807, 2.05) is 0 Å². The second kappa shape index (κ2) is 11.7. The molecule has 1 heterocycles. The number of halogens is 3. The lowest BCUT2D eigenvalue weighted by Crippen LogP contribution is -2.37. The quantitative estimate of drug-likeness (QED) is 0.280. The maximum atomic E-state index is 13.5. The third-order valence-electron chi connectivity index (χ3n) is 5.46. The van der Waals surface area contributed by atoms with Crippen molar-refractivity contribution in [3.8, 4) is 11.4 Å². The van der Waals surface area contributed by atoms with Gasteiger partial charge in [-0.2, -0.15) is 4.31 Å². The normalized spacial score (nSPS) is 11.5. The summed E-state index contributed by atoms with van der Waals surface area (Å²) in [7, 11) is -4.15. The summed E-state index contributed by atoms with van der Waals surface area (Å²) in [6.45, 7) is 0.924. The van der Waals surface area contributed by atoms with Crippen molar-refractivity contribution in [1.82, 2.24) is 14.3 Å². The zero-order valence-electron chi connectivity index (χ0n) is 19.9. The highest BCUT2D eigenvalue weighted by atomic mass is 35.5. The monoisotopic (exact) mass is 590 g/mol. The molecule has 0 atom stereocenters. The Balaban J connectivity index is 1.62. The molecule has 0 unspecified atom stereocenters. The molecule has 1 aromatic heterocycles. The van der Waals surface area contributed by atoms with Crippen molar-refractivity contribution in [1.29, 1.82) is 0 Å². The number of aromatic nitrogens is 2. The van der Waals surface area contributed by atoms with Crippen LogP contribution in [0.1, 0.15) is 11.3 Å². The molecule has 0 spiro atoms. The van der Waals surface area contributed by atoms with Crippen molar-refractivity contribution >= 4 is 56.4 Å². The maximum Gasteiger partial charge on any atom is 0.251 e. The number of carbonyl (C=O) groups is 1. The van der Waals surface area contributed by atoms with Crippen LogP contribution in [-0.2, 0) is 21.4 Å². The molecule has 3 aromatic carbocycles. The summed E-state index contributed by atoms with van der Waals surface area (Å²) in [5, 5.41) is 3.61. The molecule has 0 aliphatic carbocycles. The summed E-state index contributed by atoms with van der Waals surface area (Å²) in [5.74, 6) is -0.264. The van der Waals surface area contributed by atoms with Crippen molar-refractivity contribution in [2.45, 2.75) is 18.4 Å². The van der Waals surface area contributed by atoms with E-state index in [0.717, 1.165) is 4.31 Å². The van der Waals surface area contributed by atoms with Gasteiger partial charge in [0, 0.05) is 50.2 Å². The first-order chi connectivity index (χ1) is 18.0. The van der Waals surface area contributed by atoms with Gasteiger partial charge in [0.2, 0.25) is 15.9 Å². The molecule has 12 heteroatoms. The van der Waals surface area contributed by atoms with Crippen LogP contribution in [0, 0.1) is 6.92 Å². The van der Waals surface area contributed by atoms with E-state index >= 15 is 0 Å². The Morgan fingerprint density at radius 2 is 1.63 bits per heavy atom. The molecule has 4 aromatic rings. The first kappa shape index (κ1) is 27.8. The summed E-state index contributed by atoms with van der Waals surface area (Å²) in [6, 6.07) is 18.5. The van der Waals surface area contributed by atoms with Crippen LogP contribution in [0.3, 0.4) is 0 Å². The Labute approximate surface area is 234 Å². The fourth-order valence-corrected chi connectivity index (χ4v) is 5.67. The molecule has 196 valence electrons. The first-order valence-corrected chi connectivity index (χ1v) is 13.8. The first-order valence-electron chi connectivity index (χ1n) is 11.2. The van der Waals surface area contributed by atoms with Crippen LogP contribution in [0.2, 0.25) is 15.1 Å². The number of nitrogens with zero attached hydrogens (tertiary/aromatic N) is 2. The minimum absolute atomic E-state index is 0.0469. The molecular formula is C26H21Cl3N4O4S. The molecule has 0 bridgehead atoms. The predicted octanol–water partition coefficient (Wildman–Crippen LogP) is 5.54. The third-order valence-corrected chi connectivity index (χ3v) is 8.22. The highest BCUT2D eigenvalue weighted by Crippen LogP contribution is 2.29. The lowest BCUT2D eigenvalue weighted by molar-refractivity contribution is -0.116. The Bertz CT molecular complexity index is 1640. The second-order valence-electron chi connectivity index (χ2n) is 8.29. The van der Waals surface area contributed by atoms with Crippen LogP contribution in [0.4, 0.5) is 5.69 Å². The average Bonchev–Trinajstić information content (AvgIpc) is 2.85. The Kier molecular flexibility index (Phi) is 8.54. The zero-order chi connectivity index (χ0) is 27.4. The van der Waals surface area contributed by atoms with Gasteiger partial charge in [-0.15, -0.1) is 0 Å². The summed E-state index contributed by atoms with van der Waals surface area (Å²) < 4.78 is 28.1. The number of rotatable bonds is 8. The number of aryl methyl sites for hydroxylation is 1. The lowest BCUT2D eigenvalue weighted by Gasteiger charge is -2.23. The van der Waals surface area contributed by atoms with E-state index in [0.29, 0.717) is 33.4 Å². The summed E-state index contributed by atoms with van der Waals surface area (Å²) >= 11 is 18.5. The molecule has 38 heavy (non-hydrogen) atoms. The number of carbonyl (C=O) groups excluding carboxylic acids is 1. The van der Waals surface area contributed by atoms with Crippen molar-refractivity contribution in [3.05, 3.63) is 109 Å². The van der Waals surface area contributed by atoms with E-state index in [1.165, 1.54) is 30.3 Å². The Morgan fingerprint density at radius 3 is 2.29 bits per heavy atom. The second-order valence-corrected chi connectivity index (χ2v) is 11.5. The molecule has 0 aliphatic rings. The lowest BCUT2D eigenvalue weighted by atomic mass is 10.2. The molecule has 0 saturated heterocycles. The standard InChI is InChI=1S/C26H21Cl3N4O4S/c1-16-12-24(34)32-26(30-16)17-4-2-5-19(13-17)31-25(35)15-33(14-21-22(28)6-3-7-23(21)29)38(36,37)20-10-8-18(27)9-11-20/h2-13H,14-15H2,1H3,(H,31,35)(H,30,32,34). The number of hydrogen-bond acceptors (Lipinski definition) is 5. The van der Waals surface area contributed by atoms with Gasteiger partial charge in [0.1, 0.15) is 5.82 Å². The van der Waals surface area contributed by atoms with E-state index in [-0.39, 0.29) is 27.0 Å². The van der Waals surface area contributed by atoms with Crippen LogP contribution in [-0.4, -0.2) is 35.1 Å². The van der Waals surface area contributed by atoms with Gasteiger partial charge < -0.3 is 10.3 Å². The van der Waals surface area contributed by atoms with Gasteiger partial charge in [-0.3, -0.25) is 9.59 Å². The van der Waals surface area contributed by atoms with Gasteiger partial charge >= 0.3 is 0 Å². The number of H-pyrrole nitrogens is 1. The highest BCUT2D eigenvalue weighted by molar-refractivity contribution is 7.89. The van der Waals surface area contributed by atoms with Gasteiger partial charge in [-0.25, -0.2) is 13.4 Å². The number of nitrogens with one attached hydrogen (secondary N) is 2. The summed E-state index contributed by atoms with van der Waals surface area (Å²) in [5.41, 5.74) is 1.55. The van der Waals surface area contributed by atoms with Crippen LogP contribution in [0.25, 0.3) is 11.4 Å². The minimum atomic E-state index is -4.15. The summed E-state index contributed by atoms with van der Waals surface area (Å²) in [6.07, 6.45) is 0. The summed E-state index contributed by atoms with van der Waals surface area (Å²) in [4.78, 5) is 31.9. The number of benzene rings is 3. The van der Waals surface area contributed by atoms with Crippen LogP contribution >= 0.6 is 34.8 Å². The Hall–Kier alpha value is -3.21. The minimum Gasteiger partial charge on any atom is -0.325 e.